The van der Waals surface area contributed by atoms with Gasteiger partial charge in [0.1, 0.15) is 0 Å². The van der Waals surface area contributed by atoms with Crippen molar-refractivity contribution in [3.05, 3.63) is 70.3 Å². The molecule has 3 rings (SSSR count). The van der Waals surface area contributed by atoms with Gasteiger partial charge >= 0.3 is 24.5 Å². The van der Waals surface area contributed by atoms with Gasteiger partial charge in [-0.25, -0.2) is 0 Å². The Morgan fingerprint density at radius 3 is 1.97 bits per heavy atom. The molecule has 0 amide bonds. The minimum absolute atomic E-state index is 0.0918. The van der Waals surface area contributed by atoms with Crippen LogP contribution in [-0.2, 0) is 36.3 Å². The Morgan fingerprint density at radius 2 is 1.44 bits per heavy atom. The van der Waals surface area contributed by atoms with Crippen LogP contribution in [0.5, 0.6) is 0 Å². The average Bonchev–Trinajstić information content (AvgIpc) is 2.73. The highest BCUT2D eigenvalue weighted by Gasteiger charge is 2.38. The molecule has 3 nitrogen and oxygen atoms in total. The third kappa shape index (κ3) is 7.14. The maximum atomic E-state index is 13.6. The van der Waals surface area contributed by atoms with Crippen molar-refractivity contribution < 1.29 is 49.4 Å². The fourth-order valence-corrected chi connectivity index (χ4v) is 4.53. The lowest BCUT2D eigenvalue weighted by atomic mass is 9.85. The van der Waals surface area contributed by atoms with Gasteiger partial charge in [0, 0.05) is 19.0 Å². The number of carbonyl (C=O) groups is 1. The number of piperidine rings is 1. The van der Waals surface area contributed by atoms with Crippen LogP contribution >= 0.6 is 0 Å². The highest BCUT2D eigenvalue weighted by atomic mass is 19.4. The van der Waals surface area contributed by atoms with Crippen molar-refractivity contribution in [3.8, 4) is 0 Å². The lowest BCUT2D eigenvalue weighted by Gasteiger charge is -2.40. The first kappa shape index (κ1) is 27.8. The predicted molar refractivity (Wildman–Crippen MR) is 111 cm³/mol. The summed E-state index contributed by atoms with van der Waals surface area (Å²) in [5.41, 5.74) is -3.46. The van der Waals surface area contributed by atoms with Gasteiger partial charge in [-0.2, -0.15) is 39.5 Å². The van der Waals surface area contributed by atoms with E-state index in [1.807, 2.05) is 0 Å². The summed E-state index contributed by atoms with van der Waals surface area (Å²) in [6.07, 6.45) is -13.9. The normalized spacial score (nSPS) is 19.9. The fourth-order valence-electron chi connectivity index (χ4n) is 4.53. The maximum absolute atomic E-state index is 13.6. The van der Waals surface area contributed by atoms with E-state index in [-0.39, 0.29) is 31.7 Å². The van der Waals surface area contributed by atoms with E-state index < -0.39 is 59.3 Å². The summed E-state index contributed by atoms with van der Waals surface area (Å²) >= 11 is 0. The molecular formula is C24H22F9NO2. The Hall–Kier alpha value is -2.76. The molecule has 2 aromatic carbocycles. The summed E-state index contributed by atoms with van der Waals surface area (Å²) in [5.74, 6) is -1.40. The number of carboxylic acid groups (broad SMARTS) is 1. The molecule has 0 bridgehead atoms. The van der Waals surface area contributed by atoms with E-state index in [1.54, 1.807) is 4.90 Å². The van der Waals surface area contributed by atoms with E-state index in [2.05, 4.69) is 0 Å². The number of likely N-dealkylation sites (tertiary alicyclic amines) is 1. The molecular weight excluding hydrogens is 505 g/mol. The van der Waals surface area contributed by atoms with Crippen LogP contribution in [0.4, 0.5) is 39.5 Å². The number of carboxylic acids is 1. The molecule has 1 saturated heterocycles. The van der Waals surface area contributed by atoms with Gasteiger partial charge in [0.25, 0.3) is 0 Å². The molecule has 36 heavy (non-hydrogen) atoms. The molecule has 0 saturated carbocycles. The number of aliphatic carboxylic acids is 1. The summed E-state index contributed by atoms with van der Waals surface area (Å²) in [6, 6.07) is 4.82. The number of benzene rings is 2. The van der Waals surface area contributed by atoms with Crippen molar-refractivity contribution in [1.29, 1.82) is 0 Å². The molecule has 0 aromatic heterocycles. The number of rotatable bonds is 6. The second-order valence-electron chi connectivity index (χ2n) is 8.88. The fraction of sp³-hybridized carbons (Fsp3) is 0.458. The summed E-state index contributed by atoms with van der Waals surface area (Å²) in [7, 11) is 0. The number of hydrogen-bond acceptors (Lipinski definition) is 2. The monoisotopic (exact) mass is 527 g/mol. The van der Waals surface area contributed by atoms with Gasteiger partial charge in [-0.15, -0.1) is 0 Å². The van der Waals surface area contributed by atoms with Gasteiger partial charge in [0.2, 0.25) is 0 Å². The largest absolute Gasteiger partial charge is 0.481 e. The molecule has 12 heteroatoms. The van der Waals surface area contributed by atoms with E-state index >= 15 is 0 Å². The van der Waals surface area contributed by atoms with Gasteiger partial charge in [0.15, 0.2) is 0 Å². The summed E-state index contributed by atoms with van der Waals surface area (Å²) in [5, 5.41) is 9.13. The van der Waals surface area contributed by atoms with Crippen LogP contribution in [0.3, 0.4) is 0 Å². The van der Waals surface area contributed by atoms with E-state index in [1.165, 1.54) is 12.1 Å². The maximum Gasteiger partial charge on any atom is 0.416 e. The number of hydrogen-bond donors (Lipinski definition) is 1. The minimum atomic E-state index is -4.90. The first-order valence-corrected chi connectivity index (χ1v) is 10.9. The van der Waals surface area contributed by atoms with Crippen molar-refractivity contribution in [2.75, 3.05) is 6.54 Å². The van der Waals surface area contributed by atoms with Gasteiger partial charge in [0.05, 0.1) is 16.7 Å². The van der Waals surface area contributed by atoms with Crippen LogP contribution in [0, 0.1) is 5.92 Å². The van der Waals surface area contributed by atoms with E-state index in [4.69, 9.17) is 5.11 Å². The van der Waals surface area contributed by atoms with Gasteiger partial charge in [-0.1, -0.05) is 12.1 Å². The predicted octanol–water partition coefficient (Wildman–Crippen LogP) is 7.04. The lowest BCUT2D eigenvalue weighted by Crippen LogP contribution is -2.44. The highest BCUT2D eigenvalue weighted by molar-refractivity contribution is 5.67. The first-order chi connectivity index (χ1) is 16.5. The third-order valence-corrected chi connectivity index (χ3v) is 6.27. The van der Waals surface area contributed by atoms with Crippen LogP contribution in [0.2, 0.25) is 0 Å². The number of alkyl halides is 9. The number of halogens is 9. The second kappa shape index (κ2) is 10.3. The van der Waals surface area contributed by atoms with Crippen LogP contribution in [0.25, 0.3) is 0 Å². The molecule has 0 spiro atoms. The topological polar surface area (TPSA) is 40.5 Å². The van der Waals surface area contributed by atoms with Gasteiger partial charge < -0.3 is 5.11 Å². The lowest BCUT2D eigenvalue weighted by molar-refractivity contribution is -0.142. The summed E-state index contributed by atoms with van der Waals surface area (Å²) < 4.78 is 119. The van der Waals surface area contributed by atoms with E-state index in [9.17, 15) is 44.3 Å². The Labute approximate surface area is 200 Å². The van der Waals surface area contributed by atoms with Gasteiger partial charge in [-0.05, 0) is 73.2 Å². The molecule has 2 aromatic rings. The minimum Gasteiger partial charge on any atom is -0.481 e. The Bertz CT molecular complexity index is 1060. The Morgan fingerprint density at radius 1 is 0.861 bits per heavy atom. The third-order valence-electron chi connectivity index (χ3n) is 6.27. The highest BCUT2D eigenvalue weighted by Crippen LogP contribution is 2.38. The average molecular weight is 527 g/mol. The quantitative estimate of drug-likeness (QED) is 0.410. The molecule has 0 aliphatic carbocycles. The molecule has 2 atom stereocenters. The Kier molecular flexibility index (Phi) is 7.97. The van der Waals surface area contributed by atoms with Crippen LogP contribution in [0.1, 0.15) is 47.1 Å². The van der Waals surface area contributed by atoms with Crippen molar-refractivity contribution in [3.63, 3.8) is 0 Å². The second-order valence-corrected chi connectivity index (χ2v) is 8.88. The Balaban J connectivity index is 1.91. The molecule has 1 aliphatic heterocycles. The van der Waals surface area contributed by atoms with Crippen molar-refractivity contribution in [2.45, 2.75) is 56.8 Å². The molecule has 2 unspecified atom stereocenters. The molecule has 1 N–H and O–H groups in total. The summed E-state index contributed by atoms with van der Waals surface area (Å²) in [6.45, 7) is -0.360. The van der Waals surface area contributed by atoms with E-state index in [0.717, 1.165) is 12.1 Å². The zero-order chi connectivity index (χ0) is 26.9. The van der Waals surface area contributed by atoms with Crippen LogP contribution in [-0.4, -0.2) is 28.6 Å². The molecule has 1 heterocycles. The van der Waals surface area contributed by atoms with Gasteiger partial charge in [-0.3, -0.25) is 9.69 Å². The van der Waals surface area contributed by atoms with Crippen molar-refractivity contribution in [1.82, 2.24) is 4.90 Å². The number of nitrogens with zero attached hydrogens (tertiary/aromatic N) is 1. The zero-order valence-corrected chi connectivity index (χ0v) is 18.6. The summed E-state index contributed by atoms with van der Waals surface area (Å²) in [4.78, 5) is 12.7. The smallest absolute Gasteiger partial charge is 0.416 e. The molecule has 1 aliphatic rings. The zero-order valence-electron chi connectivity index (χ0n) is 18.6. The van der Waals surface area contributed by atoms with Crippen molar-refractivity contribution in [2.24, 2.45) is 5.92 Å². The van der Waals surface area contributed by atoms with E-state index in [0.29, 0.717) is 30.2 Å². The van der Waals surface area contributed by atoms with Crippen LogP contribution < -0.4 is 0 Å². The SMILES string of the molecule is O=C(O)CC1CCN(Cc2cc(C(F)(F)F)ccc2C(F)(F)F)C(Cc2ccc(C(F)(F)F)cc2)C1. The molecule has 198 valence electrons. The van der Waals surface area contributed by atoms with Crippen molar-refractivity contribution >= 4 is 5.97 Å². The standard InChI is InChI=1S/C24H22F9NO2/c25-22(26,27)17-3-1-14(2-4-17)9-19-10-15(11-21(35)36)7-8-34(19)13-16-12-18(23(28,29)30)5-6-20(16)24(31,32)33/h1-6,12,15,19H,7-11,13H2,(H,35,36). The first-order valence-electron chi connectivity index (χ1n) is 10.9. The van der Waals surface area contributed by atoms with Crippen LogP contribution in [0.15, 0.2) is 42.5 Å². The molecule has 0 radical (unpaired) electrons. The molecule has 1 fully saturated rings.